The van der Waals surface area contributed by atoms with Crippen LogP contribution in [0.1, 0.15) is 6.42 Å². The molecule has 0 radical (unpaired) electrons. The molecule has 0 spiro atoms. The Morgan fingerprint density at radius 3 is 2.53 bits per heavy atom. The molecule has 3 nitrogen and oxygen atoms in total. The van der Waals surface area contributed by atoms with Gasteiger partial charge in [-0.25, -0.2) is 0 Å². The summed E-state index contributed by atoms with van der Waals surface area (Å²) < 4.78 is 0. The molecule has 0 atom stereocenters. The van der Waals surface area contributed by atoms with Crippen LogP contribution in [-0.4, -0.2) is 60.5 Å². The second-order valence-electron chi connectivity index (χ2n) is 3.71. The Morgan fingerprint density at radius 2 is 2.00 bits per heavy atom. The summed E-state index contributed by atoms with van der Waals surface area (Å²) in [5, 5.41) is 2.66. The Hall–Kier alpha value is 0.130. The van der Waals surface area contributed by atoms with E-state index in [9.17, 15) is 4.79 Å². The normalized spacial score (nSPS) is 18.9. The molecular weight excluding hydrogens is 228 g/mol. The highest BCUT2D eigenvalue weighted by Crippen LogP contribution is 2.19. The molecule has 1 fully saturated rings. The van der Waals surface area contributed by atoms with Gasteiger partial charge >= 0.3 is 0 Å². The van der Waals surface area contributed by atoms with Gasteiger partial charge in [-0.2, -0.15) is 23.5 Å². The summed E-state index contributed by atoms with van der Waals surface area (Å²) in [5.41, 5.74) is 0. The maximum absolute atomic E-state index is 11.1. The second-order valence-corrected chi connectivity index (χ2v) is 6.01. The van der Waals surface area contributed by atoms with Crippen LogP contribution in [0.15, 0.2) is 0 Å². The molecule has 0 aliphatic carbocycles. The maximum atomic E-state index is 11.1. The van der Waals surface area contributed by atoms with E-state index < -0.39 is 0 Å². The lowest BCUT2D eigenvalue weighted by Gasteiger charge is -2.25. The number of carbonyl (C=O) groups is 1. The molecule has 1 saturated heterocycles. The fraction of sp³-hybridized carbons (Fsp3) is 0.900. The smallest absolute Gasteiger partial charge is 0.221 e. The van der Waals surface area contributed by atoms with E-state index in [1.165, 1.54) is 23.0 Å². The summed E-state index contributed by atoms with van der Waals surface area (Å²) in [4.78, 5) is 13.4. The van der Waals surface area contributed by atoms with Crippen LogP contribution in [0.4, 0.5) is 0 Å². The largest absolute Gasteiger partial charge is 0.359 e. The third-order valence-electron chi connectivity index (χ3n) is 2.59. The Labute approximate surface area is 101 Å². The van der Waals surface area contributed by atoms with Crippen LogP contribution in [0.2, 0.25) is 0 Å². The number of hydrogen-bond acceptors (Lipinski definition) is 4. The molecule has 0 saturated carbocycles. The van der Waals surface area contributed by atoms with E-state index in [1.54, 1.807) is 7.05 Å². The highest BCUT2D eigenvalue weighted by Gasteiger charge is 2.17. The summed E-state index contributed by atoms with van der Waals surface area (Å²) in [7, 11) is 3.82. The number of amides is 1. The summed E-state index contributed by atoms with van der Waals surface area (Å²) in [5.74, 6) is 5.08. The number of thioether (sulfide) groups is 2. The van der Waals surface area contributed by atoms with E-state index in [0.717, 1.165) is 6.54 Å². The first-order valence-electron chi connectivity index (χ1n) is 5.30. The summed E-state index contributed by atoms with van der Waals surface area (Å²) in [6, 6.07) is 0.632. The SMILES string of the molecule is CNC(=O)CCN(C)C1CSCCSC1. The minimum Gasteiger partial charge on any atom is -0.359 e. The molecule has 1 aliphatic heterocycles. The molecular formula is C10H20N2OS2. The molecule has 0 aromatic carbocycles. The van der Waals surface area contributed by atoms with Gasteiger partial charge in [-0.3, -0.25) is 4.79 Å². The molecule has 1 amide bonds. The van der Waals surface area contributed by atoms with E-state index in [-0.39, 0.29) is 5.91 Å². The van der Waals surface area contributed by atoms with E-state index >= 15 is 0 Å². The van der Waals surface area contributed by atoms with Crippen molar-refractivity contribution in [3.63, 3.8) is 0 Å². The zero-order valence-corrected chi connectivity index (χ0v) is 11.1. The van der Waals surface area contributed by atoms with Crippen molar-refractivity contribution in [3.8, 4) is 0 Å². The fourth-order valence-electron chi connectivity index (χ4n) is 1.44. The third kappa shape index (κ3) is 5.13. The zero-order chi connectivity index (χ0) is 11.1. The molecule has 0 bridgehead atoms. The first kappa shape index (κ1) is 13.2. The van der Waals surface area contributed by atoms with Gasteiger partial charge < -0.3 is 10.2 Å². The topological polar surface area (TPSA) is 32.3 Å². The van der Waals surface area contributed by atoms with Gasteiger partial charge in [-0.15, -0.1) is 0 Å². The summed E-state index contributed by atoms with van der Waals surface area (Å²) in [6.45, 7) is 0.867. The lowest BCUT2D eigenvalue weighted by atomic mass is 10.3. The lowest BCUT2D eigenvalue weighted by molar-refractivity contribution is -0.120. The second kappa shape index (κ2) is 7.41. The van der Waals surface area contributed by atoms with E-state index in [0.29, 0.717) is 12.5 Å². The number of nitrogens with one attached hydrogen (secondary N) is 1. The van der Waals surface area contributed by atoms with Crippen molar-refractivity contribution in [3.05, 3.63) is 0 Å². The molecule has 15 heavy (non-hydrogen) atoms. The van der Waals surface area contributed by atoms with Gasteiger partial charge in [-0.05, 0) is 7.05 Å². The molecule has 1 rings (SSSR count). The van der Waals surface area contributed by atoms with Crippen LogP contribution in [0.3, 0.4) is 0 Å². The molecule has 88 valence electrons. The fourth-order valence-corrected chi connectivity index (χ4v) is 4.16. The quantitative estimate of drug-likeness (QED) is 0.801. The highest BCUT2D eigenvalue weighted by molar-refractivity contribution is 8.03. The van der Waals surface area contributed by atoms with Crippen molar-refractivity contribution in [1.29, 1.82) is 0 Å². The maximum Gasteiger partial charge on any atom is 0.221 e. The van der Waals surface area contributed by atoms with Crippen LogP contribution in [0.25, 0.3) is 0 Å². The number of carbonyl (C=O) groups excluding carboxylic acids is 1. The Morgan fingerprint density at radius 1 is 1.40 bits per heavy atom. The molecule has 0 unspecified atom stereocenters. The van der Waals surface area contributed by atoms with Gasteiger partial charge in [0.05, 0.1) is 0 Å². The molecule has 0 aromatic heterocycles. The van der Waals surface area contributed by atoms with Crippen molar-refractivity contribution in [2.24, 2.45) is 0 Å². The zero-order valence-electron chi connectivity index (χ0n) is 9.49. The molecule has 1 heterocycles. The van der Waals surface area contributed by atoms with Gasteiger partial charge in [0.1, 0.15) is 0 Å². The van der Waals surface area contributed by atoms with E-state index in [1.807, 2.05) is 23.5 Å². The van der Waals surface area contributed by atoms with Crippen LogP contribution in [0, 0.1) is 0 Å². The number of hydrogen-bond donors (Lipinski definition) is 1. The molecule has 1 aliphatic rings. The van der Waals surface area contributed by atoms with Crippen molar-refractivity contribution in [2.45, 2.75) is 12.5 Å². The first-order valence-corrected chi connectivity index (χ1v) is 7.61. The highest BCUT2D eigenvalue weighted by atomic mass is 32.2. The Kier molecular flexibility index (Phi) is 6.52. The Bertz CT molecular complexity index is 194. The number of nitrogens with zero attached hydrogens (tertiary/aromatic N) is 1. The minimum absolute atomic E-state index is 0.135. The third-order valence-corrected chi connectivity index (χ3v) is 5.07. The lowest BCUT2D eigenvalue weighted by Crippen LogP contribution is -2.37. The van der Waals surface area contributed by atoms with Crippen LogP contribution in [-0.2, 0) is 4.79 Å². The average Bonchev–Trinajstić information content (AvgIpc) is 2.53. The van der Waals surface area contributed by atoms with Gasteiger partial charge in [0.25, 0.3) is 0 Å². The number of rotatable bonds is 4. The van der Waals surface area contributed by atoms with Crippen molar-refractivity contribution in [2.75, 3.05) is 43.7 Å². The summed E-state index contributed by atoms with van der Waals surface area (Å²) in [6.07, 6.45) is 0.610. The van der Waals surface area contributed by atoms with Gasteiger partial charge in [0.15, 0.2) is 0 Å². The molecule has 1 N–H and O–H groups in total. The van der Waals surface area contributed by atoms with Gasteiger partial charge in [-0.1, -0.05) is 0 Å². The van der Waals surface area contributed by atoms with E-state index in [4.69, 9.17) is 0 Å². The first-order chi connectivity index (χ1) is 7.24. The van der Waals surface area contributed by atoms with Gasteiger partial charge in [0.2, 0.25) is 5.91 Å². The predicted octanol–water partition coefficient (Wildman–Crippen LogP) is 0.903. The van der Waals surface area contributed by atoms with Crippen molar-refractivity contribution >= 4 is 29.4 Å². The average molecular weight is 248 g/mol. The van der Waals surface area contributed by atoms with Crippen molar-refractivity contribution in [1.82, 2.24) is 10.2 Å². The van der Waals surface area contributed by atoms with E-state index in [2.05, 4.69) is 17.3 Å². The summed E-state index contributed by atoms with van der Waals surface area (Å²) >= 11 is 4.06. The minimum atomic E-state index is 0.135. The van der Waals surface area contributed by atoms with Crippen LogP contribution < -0.4 is 5.32 Å². The Balaban J connectivity index is 2.24. The molecule has 5 heteroatoms. The predicted molar refractivity (Wildman–Crippen MR) is 69.8 cm³/mol. The molecule has 0 aromatic rings. The van der Waals surface area contributed by atoms with Crippen LogP contribution in [0.5, 0.6) is 0 Å². The van der Waals surface area contributed by atoms with Gasteiger partial charge in [0, 0.05) is 49.1 Å². The van der Waals surface area contributed by atoms with Crippen molar-refractivity contribution < 1.29 is 4.79 Å². The monoisotopic (exact) mass is 248 g/mol. The standard InChI is InChI=1S/C10H20N2OS2/c1-11-10(13)3-4-12(2)9-7-14-5-6-15-8-9/h9H,3-8H2,1-2H3,(H,11,13). The van der Waals surface area contributed by atoms with Crippen LogP contribution >= 0.6 is 23.5 Å².